The number of aromatic nitrogens is 2. The van der Waals surface area contributed by atoms with E-state index in [1.807, 2.05) is 6.92 Å². The van der Waals surface area contributed by atoms with Gasteiger partial charge in [-0.25, -0.2) is 4.98 Å². The maximum Gasteiger partial charge on any atom is 0.307 e. The molecule has 0 aliphatic heterocycles. The summed E-state index contributed by atoms with van der Waals surface area (Å²) >= 11 is 0. The number of hydrogen-bond acceptors (Lipinski definition) is 3. The highest BCUT2D eigenvalue weighted by molar-refractivity contribution is 5.85. The van der Waals surface area contributed by atoms with Gasteiger partial charge in [-0.15, -0.1) is 0 Å². The molecule has 1 heterocycles. The minimum Gasteiger partial charge on any atom is -0.481 e. The van der Waals surface area contributed by atoms with Crippen molar-refractivity contribution in [2.45, 2.75) is 26.2 Å². The van der Waals surface area contributed by atoms with Gasteiger partial charge in [0.2, 0.25) is 5.91 Å². The molecule has 3 N–H and O–H groups in total. The Bertz CT molecular complexity index is 444. The molecule has 2 rings (SSSR count). The van der Waals surface area contributed by atoms with Crippen LogP contribution >= 0.6 is 0 Å². The zero-order chi connectivity index (χ0) is 13.8. The smallest absolute Gasteiger partial charge is 0.307 e. The number of amides is 1. The highest BCUT2D eigenvalue weighted by Gasteiger charge is 2.40. The van der Waals surface area contributed by atoms with E-state index in [2.05, 4.69) is 15.3 Å². The van der Waals surface area contributed by atoms with Crippen molar-refractivity contribution in [3.8, 4) is 0 Å². The molecule has 1 saturated carbocycles. The summed E-state index contributed by atoms with van der Waals surface area (Å²) in [4.78, 5) is 30.2. The normalized spacial score (nSPS) is 26.3. The molecule has 104 valence electrons. The lowest BCUT2D eigenvalue weighted by Gasteiger charge is -2.15. The van der Waals surface area contributed by atoms with Crippen LogP contribution in [0.1, 0.15) is 25.6 Å². The lowest BCUT2D eigenvalue weighted by Crippen LogP contribution is -2.36. The number of aliphatic carboxylic acids is 1. The number of carboxylic acids is 1. The molecule has 0 spiro atoms. The van der Waals surface area contributed by atoms with Gasteiger partial charge in [0, 0.05) is 25.4 Å². The average Bonchev–Trinajstić information content (AvgIpc) is 2.98. The number of carboxylic acid groups (broad SMARTS) is 1. The van der Waals surface area contributed by atoms with Crippen molar-refractivity contribution in [1.29, 1.82) is 0 Å². The molecule has 0 aromatic carbocycles. The standard InChI is InChI=1S/C13H19N3O3/c1-8-6-9(10(7-8)13(18)19)12(17)16-3-2-11-14-4-5-15-11/h4-5,8-10H,2-3,6-7H2,1H3,(H,14,15)(H,16,17)(H,18,19). The van der Waals surface area contributed by atoms with Crippen molar-refractivity contribution in [3.05, 3.63) is 18.2 Å². The zero-order valence-corrected chi connectivity index (χ0v) is 10.9. The highest BCUT2D eigenvalue weighted by Crippen LogP contribution is 2.36. The summed E-state index contributed by atoms with van der Waals surface area (Å²) in [5.74, 6) is -0.849. The number of imidazole rings is 1. The van der Waals surface area contributed by atoms with E-state index in [1.165, 1.54) is 0 Å². The first-order valence-electron chi connectivity index (χ1n) is 6.56. The van der Waals surface area contributed by atoms with Gasteiger partial charge in [-0.2, -0.15) is 0 Å². The van der Waals surface area contributed by atoms with Crippen LogP contribution in [0, 0.1) is 17.8 Å². The Labute approximate surface area is 111 Å². The first kappa shape index (κ1) is 13.6. The molecule has 3 unspecified atom stereocenters. The molecular formula is C13H19N3O3. The summed E-state index contributed by atoms with van der Waals surface area (Å²) in [6, 6.07) is 0. The largest absolute Gasteiger partial charge is 0.481 e. The summed E-state index contributed by atoms with van der Waals surface area (Å²) in [6.07, 6.45) is 5.26. The number of nitrogens with one attached hydrogen (secondary N) is 2. The van der Waals surface area contributed by atoms with Crippen LogP contribution in [0.4, 0.5) is 0 Å². The van der Waals surface area contributed by atoms with Crippen molar-refractivity contribution in [1.82, 2.24) is 15.3 Å². The lowest BCUT2D eigenvalue weighted by molar-refractivity contribution is -0.146. The molecule has 1 amide bonds. The Balaban J connectivity index is 1.83. The van der Waals surface area contributed by atoms with Crippen LogP contribution in [-0.4, -0.2) is 33.5 Å². The molecule has 1 aromatic heterocycles. The molecule has 3 atom stereocenters. The molecule has 19 heavy (non-hydrogen) atoms. The molecule has 1 aromatic rings. The number of carbonyl (C=O) groups excluding carboxylic acids is 1. The number of H-pyrrole nitrogens is 1. The van der Waals surface area contributed by atoms with Crippen LogP contribution in [0.15, 0.2) is 12.4 Å². The number of hydrogen-bond donors (Lipinski definition) is 3. The minimum absolute atomic E-state index is 0.150. The topological polar surface area (TPSA) is 95.1 Å². The summed E-state index contributed by atoms with van der Waals surface area (Å²) in [5.41, 5.74) is 0. The second-order valence-corrected chi connectivity index (χ2v) is 5.20. The fourth-order valence-corrected chi connectivity index (χ4v) is 2.72. The molecule has 6 heteroatoms. The van der Waals surface area contributed by atoms with E-state index in [4.69, 9.17) is 5.11 Å². The van der Waals surface area contributed by atoms with E-state index in [9.17, 15) is 9.59 Å². The van der Waals surface area contributed by atoms with Crippen LogP contribution in [0.5, 0.6) is 0 Å². The third-order valence-corrected chi connectivity index (χ3v) is 3.67. The van der Waals surface area contributed by atoms with Crippen molar-refractivity contribution < 1.29 is 14.7 Å². The summed E-state index contributed by atoms with van der Waals surface area (Å²) in [6.45, 7) is 2.47. The SMILES string of the molecule is CC1CC(C(=O)O)C(C(=O)NCCc2ncc[nH]2)C1. The van der Waals surface area contributed by atoms with Gasteiger partial charge < -0.3 is 15.4 Å². The summed E-state index contributed by atoms with van der Waals surface area (Å²) < 4.78 is 0. The van der Waals surface area contributed by atoms with Crippen LogP contribution in [-0.2, 0) is 16.0 Å². The minimum atomic E-state index is -0.865. The average molecular weight is 265 g/mol. The zero-order valence-electron chi connectivity index (χ0n) is 10.9. The number of rotatable bonds is 5. The fourth-order valence-electron chi connectivity index (χ4n) is 2.72. The fraction of sp³-hybridized carbons (Fsp3) is 0.615. The number of carbonyl (C=O) groups is 2. The van der Waals surface area contributed by atoms with Gasteiger partial charge in [-0.1, -0.05) is 6.92 Å². The maximum absolute atomic E-state index is 12.0. The molecule has 6 nitrogen and oxygen atoms in total. The molecule has 0 saturated heterocycles. The Kier molecular flexibility index (Phi) is 4.19. The van der Waals surface area contributed by atoms with Gasteiger partial charge in [0.05, 0.1) is 11.8 Å². The first-order valence-corrected chi connectivity index (χ1v) is 6.56. The summed E-state index contributed by atoms with van der Waals surface area (Å²) in [5, 5.41) is 11.9. The van der Waals surface area contributed by atoms with Crippen LogP contribution < -0.4 is 5.32 Å². The van der Waals surface area contributed by atoms with Gasteiger partial charge >= 0.3 is 5.97 Å². The van der Waals surface area contributed by atoms with Gasteiger partial charge in [0.15, 0.2) is 0 Å². The van der Waals surface area contributed by atoms with Gasteiger partial charge in [-0.05, 0) is 18.8 Å². The predicted molar refractivity (Wildman–Crippen MR) is 68.3 cm³/mol. The van der Waals surface area contributed by atoms with Crippen molar-refractivity contribution in [3.63, 3.8) is 0 Å². The van der Waals surface area contributed by atoms with Crippen LogP contribution in [0.2, 0.25) is 0 Å². The summed E-state index contributed by atoms with van der Waals surface area (Å²) in [7, 11) is 0. The second kappa shape index (κ2) is 5.86. The Morgan fingerprint density at radius 2 is 2.21 bits per heavy atom. The van der Waals surface area contributed by atoms with Crippen molar-refractivity contribution in [2.24, 2.45) is 17.8 Å². The van der Waals surface area contributed by atoms with Gasteiger partial charge in [0.25, 0.3) is 0 Å². The third-order valence-electron chi connectivity index (χ3n) is 3.67. The third kappa shape index (κ3) is 3.33. The maximum atomic E-state index is 12.0. The van der Waals surface area contributed by atoms with Crippen molar-refractivity contribution in [2.75, 3.05) is 6.54 Å². The predicted octanol–water partition coefficient (Wildman–Crippen LogP) is 0.815. The molecule has 1 aliphatic rings. The highest BCUT2D eigenvalue weighted by atomic mass is 16.4. The van der Waals surface area contributed by atoms with Gasteiger partial charge in [-0.3, -0.25) is 9.59 Å². The van der Waals surface area contributed by atoms with E-state index < -0.39 is 17.8 Å². The second-order valence-electron chi connectivity index (χ2n) is 5.20. The lowest BCUT2D eigenvalue weighted by atomic mass is 9.95. The van der Waals surface area contributed by atoms with Crippen LogP contribution in [0.25, 0.3) is 0 Å². The molecular weight excluding hydrogens is 246 g/mol. The number of nitrogens with zero attached hydrogens (tertiary/aromatic N) is 1. The number of aromatic amines is 1. The van der Waals surface area contributed by atoms with E-state index >= 15 is 0 Å². The monoisotopic (exact) mass is 265 g/mol. The van der Waals surface area contributed by atoms with Crippen molar-refractivity contribution >= 4 is 11.9 Å². The Morgan fingerprint density at radius 3 is 2.84 bits per heavy atom. The first-order chi connectivity index (χ1) is 9.08. The quantitative estimate of drug-likeness (QED) is 0.734. The molecule has 1 aliphatic carbocycles. The van der Waals surface area contributed by atoms with E-state index in [-0.39, 0.29) is 5.91 Å². The van der Waals surface area contributed by atoms with Gasteiger partial charge in [0.1, 0.15) is 5.82 Å². The van der Waals surface area contributed by atoms with E-state index in [1.54, 1.807) is 12.4 Å². The van der Waals surface area contributed by atoms with E-state index in [0.717, 1.165) is 5.82 Å². The molecule has 0 radical (unpaired) electrons. The van der Waals surface area contributed by atoms with Crippen LogP contribution in [0.3, 0.4) is 0 Å². The molecule has 1 fully saturated rings. The Hall–Kier alpha value is -1.85. The van der Waals surface area contributed by atoms with E-state index in [0.29, 0.717) is 31.7 Å². The Morgan fingerprint density at radius 1 is 1.47 bits per heavy atom. The molecule has 0 bridgehead atoms.